The first-order valence-electron chi connectivity index (χ1n) is 7.13. The van der Waals surface area contributed by atoms with Gasteiger partial charge >= 0.3 is 0 Å². The summed E-state index contributed by atoms with van der Waals surface area (Å²) in [5.41, 5.74) is 3.20. The number of methoxy groups -OCH3 is 2. The summed E-state index contributed by atoms with van der Waals surface area (Å²) in [5, 5.41) is 13.0. The summed E-state index contributed by atoms with van der Waals surface area (Å²) in [4.78, 5) is 12.3. The molecular formula is C18H17NO4. The third-order valence-corrected chi connectivity index (χ3v) is 3.88. The van der Waals surface area contributed by atoms with Gasteiger partial charge in [-0.25, -0.2) is 0 Å². The second-order valence-electron chi connectivity index (χ2n) is 5.28. The molecule has 1 amide bonds. The molecule has 1 aliphatic heterocycles. The molecule has 118 valence electrons. The number of nitrogens with one attached hydrogen (secondary N) is 1. The summed E-state index contributed by atoms with van der Waals surface area (Å²) < 4.78 is 10.5. The highest BCUT2D eigenvalue weighted by Gasteiger charge is 2.27. The van der Waals surface area contributed by atoms with Gasteiger partial charge in [-0.05, 0) is 24.6 Å². The van der Waals surface area contributed by atoms with E-state index in [2.05, 4.69) is 5.32 Å². The van der Waals surface area contributed by atoms with E-state index in [1.807, 2.05) is 19.1 Å². The van der Waals surface area contributed by atoms with Gasteiger partial charge in [0.25, 0.3) is 5.91 Å². The number of amides is 1. The number of ether oxygens (including phenoxy) is 2. The summed E-state index contributed by atoms with van der Waals surface area (Å²) in [5.74, 6) is 1.03. The number of rotatable bonds is 3. The highest BCUT2D eigenvalue weighted by molar-refractivity contribution is 6.35. The van der Waals surface area contributed by atoms with Gasteiger partial charge in [-0.15, -0.1) is 0 Å². The van der Waals surface area contributed by atoms with E-state index in [1.54, 1.807) is 38.5 Å². The maximum absolute atomic E-state index is 12.3. The number of phenolic OH excluding ortho intramolecular Hbond substituents is 1. The van der Waals surface area contributed by atoms with Crippen LogP contribution in [0, 0.1) is 6.92 Å². The fourth-order valence-corrected chi connectivity index (χ4v) is 2.61. The number of fused-ring (bicyclic) bond motifs is 1. The van der Waals surface area contributed by atoms with Crippen LogP contribution >= 0.6 is 0 Å². The largest absolute Gasteiger partial charge is 0.507 e. The molecular weight excluding hydrogens is 294 g/mol. The van der Waals surface area contributed by atoms with Gasteiger partial charge in [0, 0.05) is 22.8 Å². The number of carbonyl (C=O) groups is 1. The van der Waals surface area contributed by atoms with Crippen molar-refractivity contribution in [1.82, 2.24) is 0 Å². The Morgan fingerprint density at radius 1 is 1.13 bits per heavy atom. The van der Waals surface area contributed by atoms with Crippen molar-refractivity contribution in [3.05, 3.63) is 47.0 Å². The summed E-state index contributed by atoms with van der Waals surface area (Å²) in [6.07, 6.45) is 1.68. The van der Waals surface area contributed by atoms with Gasteiger partial charge in [-0.1, -0.05) is 18.2 Å². The number of hydrogen-bond donors (Lipinski definition) is 2. The first-order valence-corrected chi connectivity index (χ1v) is 7.13. The highest BCUT2D eigenvalue weighted by atomic mass is 16.5. The lowest BCUT2D eigenvalue weighted by atomic mass is 10.0. The molecule has 0 atom stereocenters. The molecule has 0 radical (unpaired) electrons. The standard InChI is InChI=1S/C18H17NO4/c1-10-5-4-6-11(17(10)20)7-13-12-8-15(22-2)16(23-3)9-14(12)19-18(13)21/h4-9,20H,1-3H3,(H,19,21). The first-order chi connectivity index (χ1) is 11.0. The zero-order chi connectivity index (χ0) is 16.6. The van der Waals surface area contributed by atoms with E-state index in [9.17, 15) is 9.90 Å². The molecule has 5 heteroatoms. The molecule has 23 heavy (non-hydrogen) atoms. The number of para-hydroxylation sites is 1. The number of aryl methyl sites for hydroxylation is 1. The zero-order valence-electron chi connectivity index (χ0n) is 13.1. The summed E-state index contributed by atoms with van der Waals surface area (Å²) >= 11 is 0. The number of carbonyl (C=O) groups excluding carboxylic acids is 1. The molecule has 1 aliphatic rings. The Labute approximate surface area is 134 Å². The first kappa shape index (κ1) is 15.0. The number of aromatic hydroxyl groups is 1. The molecule has 0 unspecified atom stereocenters. The van der Waals surface area contributed by atoms with Crippen LogP contribution in [0.4, 0.5) is 5.69 Å². The molecule has 0 aromatic heterocycles. The van der Waals surface area contributed by atoms with Crippen molar-refractivity contribution in [3.8, 4) is 17.2 Å². The molecule has 2 aromatic carbocycles. The lowest BCUT2D eigenvalue weighted by Crippen LogP contribution is -2.03. The second-order valence-corrected chi connectivity index (χ2v) is 5.28. The molecule has 0 aliphatic carbocycles. The number of phenols is 1. The quantitative estimate of drug-likeness (QED) is 0.854. The third kappa shape index (κ3) is 2.50. The van der Waals surface area contributed by atoms with E-state index in [4.69, 9.17) is 9.47 Å². The Balaban J connectivity index is 2.15. The van der Waals surface area contributed by atoms with Crippen molar-refractivity contribution in [2.75, 3.05) is 19.5 Å². The molecule has 2 aromatic rings. The van der Waals surface area contributed by atoms with Crippen LogP contribution in [0.3, 0.4) is 0 Å². The van der Waals surface area contributed by atoms with Gasteiger partial charge in [0.2, 0.25) is 0 Å². The lowest BCUT2D eigenvalue weighted by Gasteiger charge is -2.09. The molecule has 0 saturated heterocycles. The molecule has 0 bridgehead atoms. The van der Waals surface area contributed by atoms with Crippen molar-refractivity contribution < 1.29 is 19.4 Å². The van der Waals surface area contributed by atoms with E-state index in [1.165, 1.54) is 0 Å². The van der Waals surface area contributed by atoms with E-state index in [-0.39, 0.29) is 11.7 Å². The average molecular weight is 311 g/mol. The van der Waals surface area contributed by atoms with Crippen molar-refractivity contribution in [3.63, 3.8) is 0 Å². The van der Waals surface area contributed by atoms with Crippen LogP contribution in [0.15, 0.2) is 30.3 Å². The second kappa shape index (κ2) is 5.68. The fourth-order valence-electron chi connectivity index (χ4n) is 2.61. The van der Waals surface area contributed by atoms with Gasteiger partial charge in [-0.3, -0.25) is 4.79 Å². The Bertz CT molecular complexity index is 824. The summed E-state index contributed by atoms with van der Waals surface area (Å²) in [7, 11) is 3.09. The number of hydrogen-bond acceptors (Lipinski definition) is 4. The smallest absolute Gasteiger partial charge is 0.256 e. The van der Waals surface area contributed by atoms with Crippen molar-refractivity contribution >= 4 is 23.2 Å². The van der Waals surface area contributed by atoms with Gasteiger partial charge in [0.15, 0.2) is 11.5 Å². The number of anilines is 1. The predicted octanol–water partition coefficient (Wildman–Crippen LogP) is 3.21. The van der Waals surface area contributed by atoms with Gasteiger partial charge in [0.05, 0.1) is 19.9 Å². The SMILES string of the molecule is COc1cc2c(cc1OC)C(=Cc1cccc(C)c1O)C(=O)N2. The Kier molecular flexibility index (Phi) is 3.70. The normalized spacial score (nSPS) is 14.6. The van der Waals surface area contributed by atoms with Crippen molar-refractivity contribution in [2.24, 2.45) is 0 Å². The van der Waals surface area contributed by atoms with E-state index < -0.39 is 0 Å². The van der Waals surface area contributed by atoms with Crippen molar-refractivity contribution in [1.29, 1.82) is 0 Å². The maximum Gasteiger partial charge on any atom is 0.256 e. The van der Waals surface area contributed by atoms with Crippen LogP contribution in [0.5, 0.6) is 17.2 Å². The minimum atomic E-state index is -0.226. The predicted molar refractivity (Wildman–Crippen MR) is 88.9 cm³/mol. The maximum atomic E-state index is 12.3. The zero-order valence-corrected chi connectivity index (χ0v) is 13.1. The third-order valence-electron chi connectivity index (χ3n) is 3.88. The molecule has 2 N–H and O–H groups in total. The van der Waals surface area contributed by atoms with Gasteiger partial charge in [-0.2, -0.15) is 0 Å². The van der Waals surface area contributed by atoms with Crippen LogP contribution < -0.4 is 14.8 Å². The molecule has 5 nitrogen and oxygen atoms in total. The summed E-state index contributed by atoms with van der Waals surface area (Å²) in [6, 6.07) is 8.90. The lowest BCUT2D eigenvalue weighted by molar-refractivity contribution is -0.110. The van der Waals surface area contributed by atoms with Crippen LogP contribution in [-0.4, -0.2) is 25.2 Å². The molecule has 0 saturated carbocycles. The van der Waals surface area contributed by atoms with Crippen LogP contribution in [0.2, 0.25) is 0 Å². The van der Waals surface area contributed by atoms with Crippen LogP contribution in [0.1, 0.15) is 16.7 Å². The average Bonchev–Trinajstić information content (AvgIpc) is 2.85. The van der Waals surface area contributed by atoms with Crippen LogP contribution in [-0.2, 0) is 4.79 Å². The van der Waals surface area contributed by atoms with E-state index in [0.717, 1.165) is 5.56 Å². The number of benzene rings is 2. The fraction of sp³-hybridized carbons (Fsp3) is 0.167. The molecule has 3 rings (SSSR count). The molecule has 0 fully saturated rings. The summed E-state index contributed by atoms with van der Waals surface area (Å²) in [6.45, 7) is 1.81. The monoisotopic (exact) mass is 311 g/mol. The van der Waals surface area contributed by atoms with Gasteiger partial charge in [0.1, 0.15) is 5.75 Å². The Morgan fingerprint density at radius 2 is 1.83 bits per heavy atom. The minimum absolute atomic E-state index is 0.168. The Morgan fingerprint density at radius 3 is 2.52 bits per heavy atom. The topological polar surface area (TPSA) is 67.8 Å². The van der Waals surface area contributed by atoms with E-state index >= 15 is 0 Å². The van der Waals surface area contributed by atoms with Crippen LogP contribution in [0.25, 0.3) is 11.6 Å². The minimum Gasteiger partial charge on any atom is -0.507 e. The molecule has 1 heterocycles. The van der Waals surface area contributed by atoms with Gasteiger partial charge < -0.3 is 19.9 Å². The Hall–Kier alpha value is -2.95. The van der Waals surface area contributed by atoms with E-state index in [0.29, 0.717) is 33.9 Å². The molecule has 0 spiro atoms. The van der Waals surface area contributed by atoms with Crippen molar-refractivity contribution in [2.45, 2.75) is 6.92 Å². The highest BCUT2D eigenvalue weighted by Crippen LogP contribution is 2.41.